The van der Waals surface area contributed by atoms with Crippen LogP contribution in [0.3, 0.4) is 0 Å². The second-order valence-electron chi connectivity index (χ2n) is 7.70. The molecule has 0 spiro atoms. The molecule has 1 aromatic heterocycles. The van der Waals surface area contributed by atoms with Gasteiger partial charge in [0.05, 0.1) is 5.69 Å². The first-order chi connectivity index (χ1) is 10.0. The Morgan fingerprint density at radius 3 is 2.57 bits per heavy atom. The van der Waals surface area contributed by atoms with Gasteiger partial charge in [-0.25, -0.2) is 0 Å². The van der Waals surface area contributed by atoms with E-state index in [1.54, 1.807) is 6.07 Å². The zero-order valence-electron chi connectivity index (χ0n) is 13.3. The predicted octanol–water partition coefficient (Wildman–Crippen LogP) is 3.67. The van der Waals surface area contributed by atoms with E-state index in [0.717, 1.165) is 30.7 Å². The molecular formula is C18H28N2O. The topological polar surface area (TPSA) is 48.0 Å². The Morgan fingerprint density at radius 1 is 1.29 bits per heavy atom. The van der Waals surface area contributed by atoms with Crippen molar-refractivity contribution in [2.24, 2.45) is 23.2 Å². The average molecular weight is 288 g/mol. The molecule has 0 amide bonds. The zero-order valence-corrected chi connectivity index (χ0v) is 13.3. The molecule has 2 aliphatic rings. The quantitative estimate of drug-likeness (QED) is 0.922. The van der Waals surface area contributed by atoms with Crippen LogP contribution in [0.2, 0.25) is 0 Å². The van der Waals surface area contributed by atoms with Gasteiger partial charge >= 0.3 is 0 Å². The molecular weight excluding hydrogens is 260 g/mol. The molecule has 3 nitrogen and oxygen atoms in total. The highest BCUT2D eigenvalue weighted by atomic mass is 16.1. The van der Waals surface area contributed by atoms with Gasteiger partial charge in [0.25, 0.3) is 5.56 Å². The molecule has 1 aromatic rings. The number of hydrogen-bond acceptors (Lipinski definition) is 2. The maximum atomic E-state index is 12.2. The normalized spacial score (nSPS) is 35.6. The Kier molecular flexibility index (Phi) is 3.85. The van der Waals surface area contributed by atoms with Gasteiger partial charge in [-0.05, 0) is 73.8 Å². The van der Waals surface area contributed by atoms with E-state index >= 15 is 0 Å². The summed E-state index contributed by atoms with van der Waals surface area (Å²) in [5.41, 5.74) is 6.43. The molecule has 0 saturated heterocycles. The maximum Gasteiger partial charge on any atom is 0.273 e. The molecule has 0 radical (unpaired) electrons. The molecule has 0 aromatic carbocycles. The van der Waals surface area contributed by atoms with Crippen LogP contribution in [0.4, 0.5) is 5.69 Å². The number of hydrogen-bond donors (Lipinski definition) is 1. The van der Waals surface area contributed by atoms with Crippen LogP contribution in [-0.2, 0) is 6.54 Å². The maximum absolute atomic E-state index is 12.2. The van der Waals surface area contributed by atoms with Gasteiger partial charge < -0.3 is 10.3 Å². The molecule has 1 heterocycles. The predicted molar refractivity (Wildman–Crippen MR) is 87.1 cm³/mol. The van der Waals surface area contributed by atoms with Crippen molar-refractivity contribution in [2.45, 2.75) is 58.9 Å². The summed E-state index contributed by atoms with van der Waals surface area (Å²) in [6.45, 7) is 5.54. The molecule has 2 fully saturated rings. The van der Waals surface area contributed by atoms with Crippen molar-refractivity contribution in [1.82, 2.24) is 4.57 Å². The Labute approximate surface area is 127 Å². The monoisotopic (exact) mass is 288 g/mol. The van der Waals surface area contributed by atoms with Crippen LogP contribution in [0.1, 0.15) is 52.4 Å². The van der Waals surface area contributed by atoms with Crippen molar-refractivity contribution < 1.29 is 0 Å². The summed E-state index contributed by atoms with van der Waals surface area (Å²) < 4.78 is 1.85. The van der Waals surface area contributed by atoms with Crippen molar-refractivity contribution >= 4 is 5.69 Å². The fourth-order valence-corrected chi connectivity index (χ4v) is 5.11. The molecule has 0 aliphatic heterocycles. The minimum Gasteiger partial charge on any atom is -0.394 e. The van der Waals surface area contributed by atoms with E-state index in [2.05, 4.69) is 13.8 Å². The molecule has 2 bridgehead atoms. The summed E-state index contributed by atoms with van der Waals surface area (Å²) >= 11 is 0. The van der Waals surface area contributed by atoms with E-state index in [4.69, 9.17) is 5.73 Å². The number of pyridine rings is 1. The first-order valence-electron chi connectivity index (χ1n) is 8.46. The third kappa shape index (κ3) is 2.88. The van der Waals surface area contributed by atoms with Gasteiger partial charge in [-0.2, -0.15) is 0 Å². The average Bonchev–Trinajstić information content (AvgIpc) is 2.42. The van der Waals surface area contributed by atoms with Crippen LogP contribution in [0.5, 0.6) is 0 Å². The Morgan fingerprint density at radius 2 is 1.95 bits per heavy atom. The van der Waals surface area contributed by atoms with Gasteiger partial charge in [-0.3, -0.25) is 4.79 Å². The minimum atomic E-state index is -0.0191. The second kappa shape index (κ2) is 5.51. The van der Waals surface area contributed by atoms with E-state index in [-0.39, 0.29) is 5.56 Å². The highest BCUT2D eigenvalue weighted by Gasteiger charge is 2.42. The first kappa shape index (κ1) is 14.7. The van der Waals surface area contributed by atoms with Crippen LogP contribution in [0.25, 0.3) is 0 Å². The van der Waals surface area contributed by atoms with E-state index in [0.29, 0.717) is 11.1 Å². The van der Waals surface area contributed by atoms with Crippen molar-refractivity contribution in [3.8, 4) is 0 Å². The summed E-state index contributed by atoms with van der Waals surface area (Å²) in [5, 5.41) is 0. The Bertz CT molecular complexity index is 545. The van der Waals surface area contributed by atoms with Crippen molar-refractivity contribution in [1.29, 1.82) is 0 Å². The Hall–Kier alpha value is -1.25. The third-order valence-corrected chi connectivity index (χ3v) is 5.89. The molecule has 21 heavy (non-hydrogen) atoms. The summed E-state index contributed by atoms with van der Waals surface area (Å²) in [7, 11) is 0. The number of nitrogen functional groups attached to an aromatic ring is 1. The number of anilines is 1. The van der Waals surface area contributed by atoms with Gasteiger partial charge in [0.2, 0.25) is 0 Å². The number of nitrogens with two attached hydrogens (primary N) is 1. The molecule has 2 N–H and O–H groups in total. The number of rotatable bonds is 3. The summed E-state index contributed by atoms with van der Waals surface area (Å²) in [4.78, 5) is 12.2. The van der Waals surface area contributed by atoms with Crippen molar-refractivity contribution in [3.05, 3.63) is 28.7 Å². The van der Waals surface area contributed by atoms with E-state index < -0.39 is 0 Å². The van der Waals surface area contributed by atoms with Crippen LogP contribution in [-0.4, -0.2) is 4.57 Å². The fourth-order valence-electron chi connectivity index (χ4n) is 5.11. The Balaban J connectivity index is 1.85. The lowest BCUT2D eigenvalue weighted by Crippen LogP contribution is -2.41. The lowest BCUT2D eigenvalue weighted by molar-refractivity contribution is 0.0192. The highest BCUT2D eigenvalue weighted by molar-refractivity contribution is 5.33. The molecule has 2 aliphatic carbocycles. The lowest BCUT2D eigenvalue weighted by atomic mass is 9.58. The van der Waals surface area contributed by atoms with Crippen LogP contribution >= 0.6 is 0 Å². The minimum absolute atomic E-state index is 0.0191. The zero-order chi connectivity index (χ0) is 15.0. The molecule has 2 saturated carbocycles. The third-order valence-electron chi connectivity index (χ3n) is 5.89. The largest absolute Gasteiger partial charge is 0.394 e. The molecule has 2 atom stereocenters. The molecule has 116 valence electrons. The van der Waals surface area contributed by atoms with E-state index in [1.165, 1.54) is 32.1 Å². The SMILES string of the molecule is CCC1(Cn2cccc(N)c2=O)CC2CC(C)CC(C2)C1. The standard InChI is InChI=1S/C18H28N2O/c1-3-18(12-20-6-4-5-16(19)17(20)21)10-14-7-13(2)8-15(9-14)11-18/h4-6,13-15H,3,7-12,19H2,1-2H3. The van der Waals surface area contributed by atoms with Crippen LogP contribution in [0, 0.1) is 23.2 Å². The van der Waals surface area contributed by atoms with E-state index in [9.17, 15) is 4.79 Å². The van der Waals surface area contributed by atoms with Crippen LogP contribution in [0.15, 0.2) is 23.1 Å². The smallest absolute Gasteiger partial charge is 0.273 e. The van der Waals surface area contributed by atoms with Crippen molar-refractivity contribution in [2.75, 3.05) is 5.73 Å². The fraction of sp³-hybridized carbons (Fsp3) is 0.722. The highest BCUT2D eigenvalue weighted by Crippen LogP contribution is 2.52. The first-order valence-corrected chi connectivity index (χ1v) is 8.46. The van der Waals surface area contributed by atoms with E-state index in [1.807, 2.05) is 16.8 Å². The van der Waals surface area contributed by atoms with Gasteiger partial charge in [0.15, 0.2) is 0 Å². The van der Waals surface area contributed by atoms with Crippen LogP contribution < -0.4 is 11.3 Å². The van der Waals surface area contributed by atoms with Gasteiger partial charge in [0.1, 0.15) is 0 Å². The second-order valence-corrected chi connectivity index (χ2v) is 7.70. The molecule has 3 rings (SSSR count). The van der Waals surface area contributed by atoms with Gasteiger partial charge in [-0.1, -0.05) is 13.8 Å². The number of nitrogens with zero attached hydrogens (tertiary/aromatic N) is 1. The number of fused-ring (bicyclic) bond motifs is 2. The van der Waals surface area contributed by atoms with Crippen molar-refractivity contribution in [3.63, 3.8) is 0 Å². The summed E-state index contributed by atoms with van der Waals surface area (Å²) in [5.74, 6) is 2.62. The summed E-state index contributed by atoms with van der Waals surface area (Å²) in [6.07, 6.45) is 9.81. The molecule has 2 unspecified atom stereocenters. The molecule has 3 heteroatoms. The lowest BCUT2D eigenvalue weighted by Gasteiger charge is -2.49. The van der Waals surface area contributed by atoms with Gasteiger partial charge in [-0.15, -0.1) is 0 Å². The number of aromatic nitrogens is 1. The summed E-state index contributed by atoms with van der Waals surface area (Å²) in [6, 6.07) is 3.60. The van der Waals surface area contributed by atoms with Gasteiger partial charge in [0, 0.05) is 12.7 Å².